The number of imide groups is 1. The molecule has 3 aromatic rings. The van der Waals surface area contributed by atoms with Crippen molar-refractivity contribution in [2.75, 3.05) is 7.11 Å². The molecule has 3 amide bonds. The lowest BCUT2D eigenvalue weighted by Crippen LogP contribution is -2.40. The number of nitrogens with zero attached hydrogens (tertiary/aromatic N) is 3. The van der Waals surface area contributed by atoms with E-state index in [0.717, 1.165) is 10.5 Å². The van der Waals surface area contributed by atoms with Crippen molar-refractivity contribution < 1.29 is 18.8 Å². The minimum Gasteiger partial charge on any atom is -0.497 e. The number of nitrogens with one attached hydrogen (secondary N) is 1. The molecule has 8 heteroatoms. The summed E-state index contributed by atoms with van der Waals surface area (Å²) in [5.41, 5.74) is 0.319. The van der Waals surface area contributed by atoms with Crippen molar-refractivity contribution in [3.05, 3.63) is 66.1 Å². The minimum absolute atomic E-state index is 0.101. The fourth-order valence-corrected chi connectivity index (χ4v) is 3.12. The first kappa shape index (κ1) is 17.7. The summed E-state index contributed by atoms with van der Waals surface area (Å²) in [7, 11) is 1.59. The highest BCUT2D eigenvalue weighted by Gasteiger charge is 2.49. The molecule has 1 fully saturated rings. The standard InChI is InChI=1S/C20H18N4O4/c1-20(14-6-4-3-5-7-14)18(25)24(19(26)22-20)12-16-21-17(23-28-16)13-8-10-15(27-2)11-9-13/h3-11H,12H2,1-2H3,(H,22,26)/t20-/m0/s1. The van der Waals surface area contributed by atoms with Gasteiger partial charge >= 0.3 is 6.03 Å². The molecule has 0 spiro atoms. The first-order chi connectivity index (χ1) is 13.5. The van der Waals surface area contributed by atoms with E-state index in [0.29, 0.717) is 17.1 Å². The van der Waals surface area contributed by atoms with Gasteiger partial charge < -0.3 is 14.6 Å². The largest absolute Gasteiger partial charge is 0.497 e. The number of hydrogen-bond donors (Lipinski definition) is 1. The maximum atomic E-state index is 12.9. The van der Waals surface area contributed by atoms with Gasteiger partial charge in [-0.1, -0.05) is 35.5 Å². The number of amides is 3. The zero-order valence-electron chi connectivity index (χ0n) is 15.4. The van der Waals surface area contributed by atoms with Gasteiger partial charge in [0, 0.05) is 5.56 Å². The number of aromatic nitrogens is 2. The van der Waals surface area contributed by atoms with Gasteiger partial charge in [0.25, 0.3) is 5.91 Å². The Morgan fingerprint density at radius 3 is 2.50 bits per heavy atom. The van der Waals surface area contributed by atoms with Crippen molar-refractivity contribution in [2.24, 2.45) is 0 Å². The van der Waals surface area contributed by atoms with Crippen LogP contribution in [0.2, 0.25) is 0 Å². The van der Waals surface area contributed by atoms with E-state index in [2.05, 4.69) is 15.5 Å². The molecular weight excluding hydrogens is 360 g/mol. The molecule has 142 valence electrons. The molecule has 1 aromatic heterocycles. The van der Waals surface area contributed by atoms with Crippen LogP contribution < -0.4 is 10.1 Å². The van der Waals surface area contributed by atoms with E-state index in [-0.39, 0.29) is 18.3 Å². The van der Waals surface area contributed by atoms with Crippen LogP contribution in [0.4, 0.5) is 4.79 Å². The second-order valence-electron chi connectivity index (χ2n) is 6.55. The third-order valence-corrected chi connectivity index (χ3v) is 4.74. The SMILES string of the molecule is COc1ccc(-c2noc(CN3C(=O)N[C@@](C)(c4ccccc4)C3=O)n2)cc1. The van der Waals surface area contributed by atoms with Gasteiger partial charge in [-0.15, -0.1) is 0 Å². The smallest absolute Gasteiger partial charge is 0.325 e. The highest BCUT2D eigenvalue weighted by atomic mass is 16.5. The van der Waals surface area contributed by atoms with Crippen molar-refractivity contribution in [3.8, 4) is 17.1 Å². The van der Waals surface area contributed by atoms with E-state index in [9.17, 15) is 9.59 Å². The Labute approximate surface area is 161 Å². The van der Waals surface area contributed by atoms with Crippen LogP contribution in [0.1, 0.15) is 18.4 Å². The summed E-state index contributed by atoms with van der Waals surface area (Å²) >= 11 is 0. The number of urea groups is 1. The summed E-state index contributed by atoms with van der Waals surface area (Å²) in [5.74, 6) is 0.891. The van der Waals surface area contributed by atoms with Crippen LogP contribution in [0.15, 0.2) is 59.1 Å². The maximum absolute atomic E-state index is 12.9. The second kappa shape index (κ2) is 6.80. The average molecular weight is 378 g/mol. The lowest BCUT2D eigenvalue weighted by Gasteiger charge is -2.21. The molecule has 0 radical (unpaired) electrons. The number of ether oxygens (including phenoxy) is 1. The van der Waals surface area contributed by atoms with Crippen molar-refractivity contribution in [1.82, 2.24) is 20.4 Å². The van der Waals surface area contributed by atoms with Crippen LogP contribution in [-0.2, 0) is 16.9 Å². The van der Waals surface area contributed by atoms with Gasteiger partial charge in [-0.2, -0.15) is 4.98 Å². The van der Waals surface area contributed by atoms with Gasteiger partial charge in [0.1, 0.15) is 17.8 Å². The number of carbonyl (C=O) groups is 2. The van der Waals surface area contributed by atoms with Crippen LogP contribution in [0.3, 0.4) is 0 Å². The number of carbonyl (C=O) groups excluding carboxylic acids is 2. The van der Waals surface area contributed by atoms with E-state index in [1.165, 1.54) is 0 Å². The van der Waals surface area contributed by atoms with Gasteiger partial charge in [0.05, 0.1) is 7.11 Å². The monoisotopic (exact) mass is 378 g/mol. The molecule has 1 saturated heterocycles. The second-order valence-corrected chi connectivity index (χ2v) is 6.55. The van der Waals surface area contributed by atoms with E-state index >= 15 is 0 Å². The van der Waals surface area contributed by atoms with Crippen LogP contribution in [0.5, 0.6) is 5.75 Å². The summed E-state index contributed by atoms with van der Waals surface area (Å²) in [6.07, 6.45) is 0. The summed E-state index contributed by atoms with van der Waals surface area (Å²) in [6, 6.07) is 15.8. The Bertz CT molecular complexity index is 1020. The van der Waals surface area contributed by atoms with Crippen molar-refractivity contribution >= 4 is 11.9 Å². The summed E-state index contributed by atoms with van der Waals surface area (Å²) in [5, 5.41) is 6.68. The molecular formula is C20H18N4O4. The number of hydrogen-bond acceptors (Lipinski definition) is 6. The average Bonchev–Trinajstić information content (AvgIpc) is 3.28. The zero-order chi connectivity index (χ0) is 19.7. The molecule has 2 heterocycles. The molecule has 1 aliphatic heterocycles. The molecule has 0 unspecified atom stereocenters. The van der Waals surface area contributed by atoms with Crippen molar-refractivity contribution in [1.29, 1.82) is 0 Å². The quantitative estimate of drug-likeness (QED) is 0.686. The Morgan fingerprint density at radius 2 is 1.82 bits per heavy atom. The first-order valence-electron chi connectivity index (χ1n) is 8.68. The summed E-state index contributed by atoms with van der Waals surface area (Å²) < 4.78 is 10.4. The highest BCUT2D eigenvalue weighted by Crippen LogP contribution is 2.29. The maximum Gasteiger partial charge on any atom is 0.325 e. The molecule has 1 atom stereocenters. The van der Waals surface area contributed by atoms with Gasteiger partial charge in [-0.25, -0.2) is 4.79 Å². The normalized spacial score (nSPS) is 19.0. The third-order valence-electron chi connectivity index (χ3n) is 4.74. The Hall–Kier alpha value is -3.68. The third kappa shape index (κ3) is 2.98. The predicted octanol–water partition coefficient (Wildman–Crippen LogP) is 2.71. The van der Waals surface area contributed by atoms with Crippen LogP contribution in [-0.4, -0.2) is 34.1 Å². The van der Waals surface area contributed by atoms with Crippen LogP contribution in [0.25, 0.3) is 11.4 Å². The lowest BCUT2D eigenvalue weighted by molar-refractivity contribution is -0.131. The summed E-state index contributed by atoms with van der Waals surface area (Å²) in [6.45, 7) is 1.58. The fourth-order valence-electron chi connectivity index (χ4n) is 3.12. The van der Waals surface area contributed by atoms with E-state index in [1.807, 2.05) is 18.2 Å². The Kier molecular flexibility index (Phi) is 4.31. The molecule has 0 aliphatic carbocycles. The Balaban J connectivity index is 1.54. The Morgan fingerprint density at radius 1 is 1.11 bits per heavy atom. The van der Waals surface area contributed by atoms with Crippen molar-refractivity contribution in [2.45, 2.75) is 19.0 Å². The molecule has 0 bridgehead atoms. The highest BCUT2D eigenvalue weighted by molar-refractivity contribution is 6.07. The molecule has 4 rings (SSSR count). The van der Waals surface area contributed by atoms with Gasteiger partial charge in [-0.05, 0) is 36.8 Å². The summed E-state index contributed by atoms with van der Waals surface area (Å²) in [4.78, 5) is 30.7. The first-order valence-corrected chi connectivity index (χ1v) is 8.68. The number of rotatable bonds is 5. The number of benzene rings is 2. The van der Waals surface area contributed by atoms with Crippen LogP contribution in [0, 0.1) is 0 Å². The predicted molar refractivity (Wildman–Crippen MR) is 99.2 cm³/mol. The van der Waals surface area contributed by atoms with Gasteiger partial charge in [0.15, 0.2) is 0 Å². The molecule has 1 aliphatic rings. The van der Waals surface area contributed by atoms with E-state index < -0.39 is 11.6 Å². The van der Waals surface area contributed by atoms with Crippen LogP contribution >= 0.6 is 0 Å². The molecule has 1 N–H and O–H groups in total. The van der Waals surface area contributed by atoms with Gasteiger partial charge in [-0.3, -0.25) is 9.69 Å². The number of methoxy groups -OCH3 is 1. The van der Waals surface area contributed by atoms with E-state index in [4.69, 9.17) is 9.26 Å². The van der Waals surface area contributed by atoms with Crippen molar-refractivity contribution in [3.63, 3.8) is 0 Å². The molecule has 28 heavy (non-hydrogen) atoms. The fraction of sp³-hybridized carbons (Fsp3) is 0.200. The van der Waals surface area contributed by atoms with Gasteiger partial charge in [0.2, 0.25) is 11.7 Å². The molecule has 0 saturated carbocycles. The molecule has 8 nitrogen and oxygen atoms in total. The lowest BCUT2D eigenvalue weighted by atomic mass is 9.92. The zero-order valence-corrected chi connectivity index (χ0v) is 15.4. The van der Waals surface area contributed by atoms with E-state index in [1.54, 1.807) is 50.4 Å². The minimum atomic E-state index is -1.13. The topological polar surface area (TPSA) is 97.6 Å². The molecule has 2 aromatic carbocycles.